The average Bonchev–Trinajstić information content (AvgIpc) is 3.14. The Bertz CT molecular complexity index is 739. The molecule has 1 aliphatic rings. The Morgan fingerprint density at radius 1 is 1.23 bits per heavy atom. The summed E-state index contributed by atoms with van der Waals surface area (Å²) in [5.41, 5.74) is 6.68. The molecule has 0 aliphatic carbocycles. The first-order valence-electron chi connectivity index (χ1n) is 8.93. The summed E-state index contributed by atoms with van der Waals surface area (Å²) in [6.07, 6.45) is 1.40. The van der Waals surface area contributed by atoms with E-state index in [0.29, 0.717) is 23.7 Å². The van der Waals surface area contributed by atoms with E-state index in [4.69, 9.17) is 10.5 Å². The summed E-state index contributed by atoms with van der Waals surface area (Å²) in [4.78, 5) is 12.6. The third-order valence-electron chi connectivity index (χ3n) is 4.59. The van der Waals surface area contributed by atoms with E-state index in [1.54, 1.807) is 4.57 Å². The average molecular weight is 366 g/mol. The van der Waals surface area contributed by atoms with Crippen LogP contribution in [0.25, 0.3) is 11.2 Å². The van der Waals surface area contributed by atoms with Gasteiger partial charge >= 0.3 is 0 Å². The Kier molecular flexibility index (Phi) is 5.87. The summed E-state index contributed by atoms with van der Waals surface area (Å²) in [6, 6.07) is 0. The smallest absolute Gasteiger partial charge is 0.207 e. The molecule has 3 rings (SSSR count). The molecule has 6 N–H and O–H groups in total. The predicted octanol–water partition coefficient (Wildman–Crippen LogP) is 0.0122. The van der Waals surface area contributed by atoms with Crippen molar-refractivity contribution in [1.82, 2.24) is 19.5 Å². The van der Waals surface area contributed by atoms with E-state index in [1.165, 1.54) is 6.33 Å². The predicted molar refractivity (Wildman–Crippen MR) is 95.4 cm³/mol. The summed E-state index contributed by atoms with van der Waals surface area (Å²) in [7, 11) is 0. The van der Waals surface area contributed by atoms with Crippen molar-refractivity contribution < 1.29 is 20.1 Å². The number of nitrogens with zero attached hydrogens (tertiary/aromatic N) is 4. The number of aliphatic hydroxyl groups excluding tert-OH is 3. The molecule has 3 heterocycles. The molecule has 2 aromatic heterocycles. The van der Waals surface area contributed by atoms with E-state index in [1.807, 2.05) is 0 Å². The molecule has 1 fully saturated rings. The SMILES string of the molecule is CCCCCCNc1nc2c(N)ncnc2n1[C@@H]1O[C@H](CO)C(O)C1O. The van der Waals surface area contributed by atoms with Gasteiger partial charge in [0.25, 0.3) is 0 Å². The van der Waals surface area contributed by atoms with E-state index < -0.39 is 31.1 Å². The zero-order chi connectivity index (χ0) is 18.7. The first kappa shape index (κ1) is 18.8. The molecule has 0 radical (unpaired) electrons. The maximum absolute atomic E-state index is 10.4. The fourth-order valence-corrected chi connectivity index (χ4v) is 3.14. The zero-order valence-corrected chi connectivity index (χ0v) is 14.7. The molecule has 2 unspecified atom stereocenters. The van der Waals surface area contributed by atoms with Crippen molar-refractivity contribution in [1.29, 1.82) is 0 Å². The number of hydrogen-bond donors (Lipinski definition) is 5. The highest BCUT2D eigenvalue weighted by Crippen LogP contribution is 2.35. The fraction of sp³-hybridized carbons (Fsp3) is 0.688. The van der Waals surface area contributed by atoms with Gasteiger partial charge in [0.15, 0.2) is 23.2 Å². The number of aromatic nitrogens is 4. The number of rotatable bonds is 8. The monoisotopic (exact) mass is 366 g/mol. The molecule has 1 saturated heterocycles. The van der Waals surface area contributed by atoms with Gasteiger partial charge in [-0.25, -0.2) is 15.0 Å². The van der Waals surface area contributed by atoms with E-state index in [2.05, 4.69) is 27.2 Å². The number of nitrogens with one attached hydrogen (secondary N) is 1. The van der Waals surface area contributed by atoms with Gasteiger partial charge in [-0.15, -0.1) is 0 Å². The van der Waals surface area contributed by atoms with Crippen LogP contribution in [-0.2, 0) is 4.74 Å². The van der Waals surface area contributed by atoms with Crippen LogP contribution in [0.15, 0.2) is 6.33 Å². The van der Waals surface area contributed by atoms with Crippen LogP contribution >= 0.6 is 0 Å². The van der Waals surface area contributed by atoms with Crippen LogP contribution in [0, 0.1) is 0 Å². The first-order valence-corrected chi connectivity index (χ1v) is 8.93. The Morgan fingerprint density at radius 3 is 2.73 bits per heavy atom. The number of unbranched alkanes of at least 4 members (excludes halogenated alkanes) is 3. The number of anilines is 2. The number of ether oxygens (including phenoxy) is 1. The van der Waals surface area contributed by atoms with Crippen molar-refractivity contribution in [3.63, 3.8) is 0 Å². The van der Waals surface area contributed by atoms with Crippen molar-refractivity contribution in [3.05, 3.63) is 6.33 Å². The standard InChI is InChI=1S/C16H26N6O4/c1-2-3-4-5-6-18-16-21-10-13(17)19-8-20-14(10)22(16)15-12(25)11(24)9(7-23)26-15/h8-9,11-12,15,23-25H,2-7H2,1H3,(H,18,21)(H2,17,19,20)/t9-,11?,12?,15-/m1/s1. The van der Waals surface area contributed by atoms with Crippen molar-refractivity contribution in [2.75, 3.05) is 24.2 Å². The van der Waals surface area contributed by atoms with Gasteiger partial charge < -0.3 is 31.1 Å². The van der Waals surface area contributed by atoms with Gasteiger partial charge in [-0.1, -0.05) is 26.2 Å². The second kappa shape index (κ2) is 8.12. The molecule has 0 amide bonds. The van der Waals surface area contributed by atoms with Gasteiger partial charge in [-0.05, 0) is 6.42 Å². The van der Waals surface area contributed by atoms with Crippen LogP contribution in [0.5, 0.6) is 0 Å². The lowest BCUT2D eigenvalue weighted by atomic mass is 10.1. The van der Waals surface area contributed by atoms with Gasteiger partial charge in [0.05, 0.1) is 6.61 Å². The third-order valence-corrected chi connectivity index (χ3v) is 4.59. The molecule has 0 bridgehead atoms. The number of fused-ring (bicyclic) bond motifs is 1. The molecular weight excluding hydrogens is 340 g/mol. The molecule has 10 heteroatoms. The zero-order valence-electron chi connectivity index (χ0n) is 14.7. The van der Waals surface area contributed by atoms with Gasteiger partial charge in [-0.2, -0.15) is 0 Å². The van der Waals surface area contributed by atoms with E-state index in [0.717, 1.165) is 25.7 Å². The van der Waals surface area contributed by atoms with Crippen molar-refractivity contribution >= 4 is 22.9 Å². The second-order valence-corrected chi connectivity index (χ2v) is 6.45. The van der Waals surface area contributed by atoms with E-state index >= 15 is 0 Å². The van der Waals surface area contributed by atoms with Gasteiger partial charge in [0, 0.05) is 6.54 Å². The summed E-state index contributed by atoms with van der Waals surface area (Å²) in [5.74, 6) is 0.646. The van der Waals surface area contributed by atoms with Crippen molar-refractivity contribution in [2.45, 2.75) is 57.1 Å². The Morgan fingerprint density at radius 2 is 2.04 bits per heavy atom. The van der Waals surface area contributed by atoms with Crippen LogP contribution in [0.3, 0.4) is 0 Å². The molecule has 4 atom stereocenters. The van der Waals surface area contributed by atoms with Gasteiger partial charge in [-0.3, -0.25) is 4.57 Å². The van der Waals surface area contributed by atoms with E-state index in [9.17, 15) is 15.3 Å². The number of imidazole rings is 1. The minimum atomic E-state index is -1.23. The lowest BCUT2D eigenvalue weighted by Gasteiger charge is -2.19. The maximum atomic E-state index is 10.4. The minimum Gasteiger partial charge on any atom is -0.394 e. The molecule has 0 spiro atoms. The van der Waals surface area contributed by atoms with Crippen LogP contribution < -0.4 is 11.1 Å². The first-order chi connectivity index (χ1) is 12.6. The van der Waals surface area contributed by atoms with Crippen molar-refractivity contribution in [3.8, 4) is 0 Å². The topological polar surface area (TPSA) is 152 Å². The second-order valence-electron chi connectivity index (χ2n) is 6.45. The normalized spacial score (nSPS) is 25.8. The maximum Gasteiger partial charge on any atom is 0.207 e. The van der Waals surface area contributed by atoms with Crippen LogP contribution in [0.2, 0.25) is 0 Å². The summed E-state index contributed by atoms with van der Waals surface area (Å²) < 4.78 is 7.21. The minimum absolute atomic E-state index is 0.217. The molecule has 26 heavy (non-hydrogen) atoms. The molecule has 1 aliphatic heterocycles. The lowest BCUT2D eigenvalue weighted by Crippen LogP contribution is -2.33. The largest absolute Gasteiger partial charge is 0.394 e. The molecule has 10 nitrogen and oxygen atoms in total. The molecule has 0 saturated carbocycles. The molecule has 2 aromatic rings. The van der Waals surface area contributed by atoms with Crippen LogP contribution in [0.1, 0.15) is 38.8 Å². The third kappa shape index (κ3) is 3.45. The molecule has 144 valence electrons. The Labute approximate surface area is 151 Å². The summed E-state index contributed by atoms with van der Waals surface area (Å²) >= 11 is 0. The number of nitrogen functional groups attached to an aromatic ring is 1. The number of nitrogens with two attached hydrogens (primary N) is 1. The lowest BCUT2D eigenvalue weighted by molar-refractivity contribution is -0.0501. The van der Waals surface area contributed by atoms with Gasteiger partial charge in [0.1, 0.15) is 24.6 Å². The fourth-order valence-electron chi connectivity index (χ4n) is 3.14. The van der Waals surface area contributed by atoms with Crippen molar-refractivity contribution in [2.24, 2.45) is 0 Å². The highest BCUT2D eigenvalue weighted by Gasteiger charge is 2.45. The van der Waals surface area contributed by atoms with Crippen LogP contribution in [0.4, 0.5) is 11.8 Å². The molecule has 0 aromatic carbocycles. The summed E-state index contributed by atoms with van der Waals surface area (Å²) in [5, 5.41) is 33.0. The van der Waals surface area contributed by atoms with E-state index in [-0.39, 0.29) is 5.82 Å². The van der Waals surface area contributed by atoms with Gasteiger partial charge in [0.2, 0.25) is 5.95 Å². The number of hydrogen-bond acceptors (Lipinski definition) is 9. The molecular formula is C16H26N6O4. The quantitative estimate of drug-likeness (QED) is 0.407. The highest BCUT2D eigenvalue weighted by atomic mass is 16.6. The Hall–Kier alpha value is -2.01. The Balaban J connectivity index is 1.91. The summed E-state index contributed by atoms with van der Waals surface area (Å²) in [6.45, 7) is 2.43. The van der Waals surface area contributed by atoms with Crippen LogP contribution in [-0.4, -0.2) is 66.3 Å². The number of aliphatic hydroxyl groups is 3. The highest BCUT2D eigenvalue weighted by molar-refractivity contribution is 5.84.